The number of benzene rings is 1. The maximum atomic E-state index is 11.2. The molecule has 22 heavy (non-hydrogen) atoms. The first kappa shape index (κ1) is 18.3. The lowest BCUT2D eigenvalue weighted by molar-refractivity contribution is -0.145. The van der Waals surface area contributed by atoms with Gasteiger partial charge in [-0.05, 0) is 37.1 Å². The lowest BCUT2D eigenvalue weighted by Gasteiger charge is -2.15. The maximum absolute atomic E-state index is 11.2. The highest BCUT2D eigenvalue weighted by molar-refractivity contribution is 5.72. The first-order chi connectivity index (χ1) is 10.6. The van der Waals surface area contributed by atoms with Crippen molar-refractivity contribution in [1.82, 2.24) is 0 Å². The molecule has 2 N–H and O–H groups in total. The molecule has 4 nitrogen and oxygen atoms in total. The summed E-state index contributed by atoms with van der Waals surface area (Å²) in [5.74, 6) is -0.317. The third-order valence-electron chi connectivity index (χ3n) is 3.71. The quantitative estimate of drug-likeness (QED) is 0.547. The van der Waals surface area contributed by atoms with Gasteiger partial charge in [0.15, 0.2) is 6.10 Å². The molecule has 0 saturated carbocycles. The van der Waals surface area contributed by atoms with Crippen LogP contribution in [0.3, 0.4) is 0 Å². The lowest BCUT2D eigenvalue weighted by Crippen LogP contribution is -2.26. The van der Waals surface area contributed by atoms with Crippen molar-refractivity contribution in [2.75, 3.05) is 0 Å². The summed E-state index contributed by atoms with van der Waals surface area (Å²) in [6.45, 7) is 2.21. The molecule has 0 aliphatic rings. The van der Waals surface area contributed by atoms with Gasteiger partial charge in [-0.1, -0.05) is 51.9 Å². The molecular weight excluding hydrogens is 280 g/mol. The van der Waals surface area contributed by atoms with Gasteiger partial charge in [-0.25, -0.2) is 4.79 Å². The van der Waals surface area contributed by atoms with E-state index in [0.29, 0.717) is 12.2 Å². The smallest absolute Gasteiger partial charge is 0.344 e. The minimum Gasteiger partial charge on any atom is -0.508 e. The van der Waals surface area contributed by atoms with E-state index < -0.39 is 12.1 Å². The van der Waals surface area contributed by atoms with Crippen molar-refractivity contribution in [3.05, 3.63) is 24.3 Å². The Morgan fingerprint density at radius 2 is 1.55 bits per heavy atom. The van der Waals surface area contributed by atoms with Gasteiger partial charge in [-0.3, -0.25) is 0 Å². The second kappa shape index (κ2) is 10.9. The summed E-state index contributed by atoms with van der Waals surface area (Å²) in [7, 11) is 0. The van der Waals surface area contributed by atoms with Gasteiger partial charge in [0.1, 0.15) is 11.5 Å². The standard InChI is InChI=1S/C18H28O4/c1-2-3-4-5-6-7-8-9-10-17(18(20)21)22-16-13-11-15(19)12-14-16/h11-14,17,19H,2-10H2,1H3,(H,20,21)/t17-/m1/s1. The SMILES string of the molecule is CCCCCCCCCC[C@@H](Oc1ccc(O)cc1)C(=O)O. The molecule has 0 aliphatic carbocycles. The summed E-state index contributed by atoms with van der Waals surface area (Å²) < 4.78 is 5.48. The van der Waals surface area contributed by atoms with Gasteiger partial charge < -0.3 is 14.9 Å². The van der Waals surface area contributed by atoms with Crippen LogP contribution in [0.15, 0.2) is 24.3 Å². The first-order valence-electron chi connectivity index (χ1n) is 8.32. The number of ether oxygens (including phenoxy) is 1. The number of carbonyl (C=O) groups is 1. The van der Waals surface area contributed by atoms with E-state index in [2.05, 4.69) is 6.92 Å². The van der Waals surface area contributed by atoms with Crippen LogP contribution in [0.4, 0.5) is 0 Å². The van der Waals surface area contributed by atoms with Crippen LogP contribution in [0.25, 0.3) is 0 Å². The molecule has 1 rings (SSSR count). The van der Waals surface area contributed by atoms with Gasteiger partial charge in [-0.15, -0.1) is 0 Å². The number of phenolic OH excluding ortho intramolecular Hbond substituents is 1. The number of hydrogen-bond acceptors (Lipinski definition) is 3. The summed E-state index contributed by atoms with van der Waals surface area (Å²) in [5, 5.41) is 18.4. The van der Waals surface area contributed by atoms with Crippen LogP contribution >= 0.6 is 0 Å². The zero-order valence-corrected chi connectivity index (χ0v) is 13.5. The van der Waals surface area contributed by atoms with E-state index in [9.17, 15) is 15.0 Å². The topological polar surface area (TPSA) is 66.8 Å². The highest BCUT2D eigenvalue weighted by Crippen LogP contribution is 2.19. The molecule has 0 aromatic heterocycles. The fourth-order valence-corrected chi connectivity index (χ4v) is 2.39. The number of carboxylic acids is 1. The number of hydrogen-bond donors (Lipinski definition) is 2. The molecule has 0 bridgehead atoms. The minimum absolute atomic E-state index is 0.141. The van der Waals surface area contributed by atoms with Crippen molar-refractivity contribution in [2.45, 2.75) is 70.8 Å². The predicted octanol–water partition coefficient (Wildman–Crippen LogP) is 4.76. The summed E-state index contributed by atoms with van der Waals surface area (Å²) in [5.41, 5.74) is 0. The average molecular weight is 308 g/mol. The zero-order valence-electron chi connectivity index (χ0n) is 13.5. The van der Waals surface area contributed by atoms with E-state index in [4.69, 9.17) is 4.74 Å². The molecular formula is C18H28O4. The molecule has 0 radical (unpaired) electrons. The van der Waals surface area contributed by atoms with Crippen LogP contribution in [0.1, 0.15) is 64.7 Å². The van der Waals surface area contributed by atoms with Gasteiger partial charge in [0.05, 0.1) is 0 Å². The average Bonchev–Trinajstić information content (AvgIpc) is 2.50. The number of carboxylic acid groups (broad SMARTS) is 1. The van der Waals surface area contributed by atoms with E-state index in [-0.39, 0.29) is 5.75 Å². The van der Waals surface area contributed by atoms with Crippen molar-refractivity contribution in [3.63, 3.8) is 0 Å². The second-order valence-corrected chi connectivity index (χ2v) is 5.70. The van der Waals surface area contributed by atoms with E-state index in [1.807, 2.05) is 0 Å². The number of unbranched alkanes of at least 4 members (excludes halogenated alkanes) is 7. The van der Waals surface area contributed by atoms with Gasteiger partial charge in [-0.2, -0.15) is 0 Å². The third-order valence-corrected chi connectivity index (χ3v) is 3.71. The summed E-state index contributed by atoms with van der Waals surface area (Å²) in [6.07, 6.45) is 9.16. The Kier molecular flexibility index (Phi) is 9.12. The molecule has 0 aliphatic heterocycles. The third kappa shape index (κ3) is 7.91. The molecule has 0 spiro atoms. The molecule has 4 heteroatoms. The Morgan fingerprint density at radius 3 is 2.09 bits per heavy atom. The van der Waals surface area contributed by atoms with E-state index >= 15 is 0 Å². The Morgan fingerprint density at radius 1 is 1.00 bits per heavy atom. The molecule has 1 aromatic carbocycles. The highest BCUT2D eigenvalue weighted by Gasteiger charge is 2.18. The molecule has 1 aromatic rings. The van der Waals surface area contributed by atoms with E-state index in [1.165, 1.54) is 44.2 Å². The van der Waals surface area contributed by atoms with Crippen LogP contribution in [0, 0.1) is 0 Å². The van der Waals surface area contributed by atoms with Crippen LogP contribution in [-0.4, -0.2) is 22.3 Å². The number of rotatable bonds is 12. The van der Waals surface area contributed by atoms with E-state index in [1.54, 1.807) is 12.1 Å². The van der Waals surface area contributed by atoms with Crippen molar-refractivity contribution in [3.8, 4) is 11.5 Å². The number of aromatic hydroxyl groups is 1. The maximum Gasteiger partial charge on any atom is 0.344 e. The monoisotopic (exact) mass is 308 g/mol. The van der Waals surface area contributed by atoms with Crippen LogP contribution in [0.5, 0.6) is 11.5 Å². The Hall–Kier alpha value is -1.71. The van der Waals surface area contributed by atoms with Gasteiger partial charge in [0.25, 0.3) is 0 Å². The summed E-state index contributed by atoms with van der Waals surface area (Å²) in [6, 6.07) is 6.15. The zero-order chi connectivity index (χ0) is 16.2. The summed E-state index contributed by atoms with van der Waals surface area (Å²) >= 11 is 0. The molecule has 0 unspecified atom stereocenters. The molecule has 0 amide bonds. The Labute approximate surface area is 133 Å². The fourth-order valence-electron chi connectivity index (χ4n) is 2.39. The normalized spacial score (nSPS) is 12.0. The van der Waals surface area contributed by atoms with Crippen molar-refractivity contribution < 1.29 is 19.7 Å². The Balaban J connectivity index is 2.21. The molecule has 1 atom stereocenters. The highest BCUT2D eigenvalue weighted by atomic mass is 16.5. The predicted molar refractivity (Wildman–Crippen MR) is 87.4 cm³/mol. The largest absolute Gasteiger partial charge is 0.508 e. The van der Waals surface area contributed by atoms with Crippen LogP contribution in [0.2, 0.25) is 0 Å². The van der Waals surface area contributed by atoms with E-state index in [0.717, 1.165) is 19.3 Å². The minimum atomic E-state index is -0.934. The number of aliphatic carboxylic acids is 1. The molecule has 124 valence electrons. The molecule has 0 heterocycles. The van der Waals surface area contributed by atoms with Crippen molar-refractivity contribution in [2.24, 2.45) is 0 Å². The lowest BCUT2D eigenvalue weighted by atomic mass is 10.1. The summed E-state index contributed by atoms with van der Waals surface area (Å²) in [4.78, 5) is 11.2. The van der Waals surface area contributed by atoms with Gasteiger partial charge in [0.2, 0.25) is 0 Å². The van der Waals surface area contributed by atoms with Crippen molar-refractivity contribution in [1.29, 1.82) is 0 Å². The van der Waals surface area contributed by atoms with Crippen LogP contribution in [-0.2, 0) is 4.79 Å². The molecule has 0 saturated heterocycles. The van der Waals surface area contributed by atoms with Crippen LogP contribution < -0.4 is 4.74 Å². The Bertz CT molecular complexity index is 414. The second-order valence-electron chi connectivity index (χ2n) is 5.70. The van der Waals surface area contributed by atoms with Gasteiger partial charge in [0, 0.05) is 0 Å². The number of phenols is 1. The van der Waals surface area contributed by atoms with Crippen molar-refractivity contribution >= 4 is 5.97 Å². The fraction of sp³-hybridized carbons (Fsp3) is 0.611. The molecule has 0 fully saturated rings. The van der Waals surface area contributed by atoms with Gasteiger partial charge >= 0.3 is 5.97 Å². The first-order valence-corrected chi connectivity index (χ1v) is 8.32.